The Bertz CT molecular complexity index is 895. The third-order valence-electron chi connectivity index (χ3n) is 5.11. The highest BCUT2D eigenvalue weighted by Gasteiger charge is 2.15. The van der Waals surface area contributed by atoms with E-state index in [0.717, 1.165) is 41.6 Å². The highest BCUT2D eigenvalue weighted by atomic mass is 16.5. The smallest absolute Gasteiger partial charge is 0.181 e. The van der Waals surface area contributed by atoms with Crippen LogP contribution in [0.2, 0.25) is 0 Å². The third-order valence-corrected chi connectivity index (χ3v) is 5.11. The van der Waals surface area contributed by atoms with E-state index in [-0.39, 0.29) is 0 Å². The van der Waals surface area contributed by atoms with Gasteiger partial charge in [-0.25, -0.2) is 9.67 Å². The lowest BCUT2D eigenvalue weighted by atomic mass is 10.1. The van der Waals surface area contributed by atoms with Crippen LogP contribution in [-0.4, -0.2) is 39.9 Å². The maximum absolute atomic E-state index is 5.26. The maximum atomic E-state index is 5.26. The van der Waals surface area contributed by atoms with Crippen LogP contribution in [0.15, 0.2) is 48.5 Å². The van der Waals surface area contributed by atoms with E-state index in [4.69, 9.17) is 14.8 Å². The predicted octanol–water partition coefficient (Wildman–Crippen LogP) is 4.24. The molecule has 2 heterocycles. The first-order valence-electron chi connectivity index (χ1n) is 9.68. The highest BCUT2D eigenvalue weighted by Crippen LogP contribution is 2.25. The van der Waals surface area contributed by atoms with Gasteiger partial charge in [-0.05, 0) is 68.8 Å². The molecule has 4 rings (SSSR count). The van der Waals surface area contributed by atoms with Crippen LogP contribution in [0, 0.1) is 0 Å². The molecule has 0 saturated carbocycles. The second-order valence-electron chi connectivity index (χ2n) is 6.99. The molecule has 2 aromatic carbocycles. The summed E-state index contributed by atoms with van der Waals surface area (Å²) in [6.45, 7) is 6.29. The van der Waals surface area contributed by atoms with E-state index in [1.54, 1.807) is 7.11 Å². The Morgan fingerprint density at radius 2 is 1.78 bits per heavy atom. The summed E-state index contributed by atoms with van der Waals surface area (Å²) < 4.78 is 7.22. The molecule has 27 heavy (non-hydrogen) atoms. The lowest BCUT2D eigenvalue weighted by molar-refractivity contribution is 0.331. The van der Waals surface area contributed by atoms with Crippen LogP contribution in [0.1, 0.15) is 25.3 Å². The molecule has 0 N–H and O–H groups in total. The van der Waals surface area contributed by atoms with Gasteiger partial charge >= 0.3 is 0 Å². The number of ether oxygens (including phenoxy) is 1. The molecule has 0 atom stereocenters. The van der Waals surface area contributed by atoms with Crippen LogP contribution in [-0.2, 0) is 13.1 Å². The average Bonchev–Trinajstić information content (AvgIpc) is 3.38. The van der Waals surface area contributed by atoms with E-state index in [1.165, 1.54) is 31.5 Å². The Kier molecular flexibility index (Phi) is 5.21. The molecule has 0 aliphatic carbocycles. The number of methoxy groups -OCH3 is 1. The molecule has 1 saturated heterocycles. The van der Waals surface area contributed by atoms with E-state index in [0.29, 0.717) is 0 Å². The van der Waals surface area contributed by atoms with Crippen LogP contribution < -0.4 is 4.74 Å². The van der Waals surface area contributed by atoms with Crippen LogP contribution in [0.3, 0.4) is 0 Å². The molecule has 0 spiro atoms. The number of aromatic nitrogens is 3. The van der Waals surface area contributed by atoms with Crippen molar-refractivity contribution in [3.05, 3.63) is 54.1 Å². The van der Waals surface area contributed by atoms with Crippen molar-refractivity contribution in [1.82, 2.24) is 19.7 Å². The summed E-state index contributed by atoms with van der Waals surface area (Å²) in [6, 6.07) is 16.6. The van der Waals surface area contributed by atoms with Gasteiger partial charge in [0.25, 0.3) is 0 Å². The van der Waals surface area contributed by atoms with Gasteiger partial charge in [0.1, 0.15) is 5.75 Å². The van der Waals surface area contributed by atoms with Crippen molar-refractivity contribution in [1.29, 1.82) is 0 Å². The number of aryl methyl sites for hydroxylation is 1. The first-order valence-corrected chi connectivity index (χ1v) is 9.68. The lowest BCUT2D eigenvalue weighted by Crippen LogP contribution is -2.18. The number of hydrogen-bond acceptors (Lipinski definition) is 4. The van der Waals surface area contributed by atoms with Gasteiger partial charge in [0.05, 0.1) is 7.11 Å². The van der Waals surface area contributed by atoms with Crippen LogP contribution in [0.4, 0.5) is 0 Å². The molecule has 1 aliphatic rings. The van der Waals surface area contributed by atoms with Gasteiger partial charge in [0.15, 0.2) is 11.6 Å². The minimum Gasteiger partial charge on any atom is -0.497 e. The number of hydrogen-bond donors (Lipinski definition) is 0. The van der Waals surface area contributed by atoms with Gasteiger partial charge < -0.3 is 4.74 Å². The Hall–Kier alpha value is -2.66. The van der Waals surface area contributed by atoms with E-state index in [9.17, 15) is 0 Å². The SMILES string of the molecule is CCn1nc(-c2cccc(CN3CCCC3)c2)nc1-c1ccc(OC)cc1. The van der Waals surface area contributed by atoms with Crippen molar-refractivity contribution in [2.45, 2.75) is 32.9 Å². The second-order valence-corrected chi connectivity index (χ2v) is 6.99. The van der Waals surface area contributed by atoms with E-state index in [1.807, 2.05) is 28.9 Å². The molecular formula is C22H26N4O. The molecule has 0 radical (unpaired) electrons. The zero-order valence-corrected chi connectivity index (χ0v) is 16.1. The topological polar surface area (TPSA) is 43.2 Å². The first-order chi connectivity index (χ1) is 13.3. The third kappa shape index (κ3) is 3.88. The Morgan fingerprint density at radius 3 is 2.48 bits per heavy atom. The van der Waals surface area contributed by atoms with E-state index in [2.05, 4.69) is 36.1 Å². The van der Waals surface area contributed by atoms with Crippen molar-refractivity contribution < 1.29 is 4.74 Å². The van der Waals surface area contributed by atoms with Crippen LogP contribution in [0.25, 0.3) is 22.8 Å². The summed E-state index contributed by atoms with van der Waals surface area (Å²) in [6.07, 6.45) is 2.63. The van der Waals surface area contributed by atoms with Gasteiger partial charge in [0.2, 0.25) is 0 Å². The average molecular weight is 362 g/mol. The maximum Gasteiger partial charge on any atom is 0.181 e. The normalized spacial score (nSPS) is 14.6. The Labute approximate surface area is 160 Å². The van der Waals surface area contributed by atoms with Crippen molar-refractivity contribution in [3.63, 3.8) is 0 Å². The standard InChI is InChI=1S/C22H26N4O/c1-3-26-22(18-9-11-20(27-2)12-10-18)23-21(24-26)19-8-6-7-17(15-19)16-25-13-4-5-14-25/h6-12,15H,3-5,13-14,16H2,1-2H3. The monoisotopic (exact) mass is 362 g/mol. The zero-order valence-electron chi connectivity index (χ0n) is 16.1. The fraction of sp³-hybridized carbons (Fsp3) is 0.364. The highest BCUT2D eigenvalue weighted by molar-refractivity contribution is 5.62. The Balaban J connectivity index is 1.63. The molecule has 0 amide bonds. The molecule has 140 valence electrons. The molecular weight excluding hydrogens is 336 g/mol. The van der Waals surface area contributed by atoms with E-state index < -0.39 is 0 Å². The molecule has 5 heteroatoms. The minimum absolute atomic E-state index is 0.780. The number of nitrogens with zero attached hydrogens (tertiary/aromatic N) is 4. The molecule has 0 unspecified atom stereocenters. The zero-order chi connectivity index (χ0) is 18.6. The largest absolute Gasteiger partial charge is 0.497 e. The molecule has 0 bridgehead atoms. The van der Waals surface area contributed by atoms with Gasteiger partial charge in [-0.1, -0.05) is 18.2 Å². The predicted molar refractivity (Wildman–Crippen MR) is 108 cm³/mol. The quantitative estimate of drug-likeness (QED) is 0.658. The van der Waals surface area contributed by atoms with Crippen molar-refractivity contribution in [3.8, 4) is 28.5 Å². The van der Waals surface area contributed by atoms with Crippen LogP contribution >= 0.6 is 0 Å². The summed E-state index contributed by atoms with van der Waals surface area (Å²) in [4.78, 5) is 7.36. The first kappa shape index (κ1) is 17.7. The van der Waals surface area contributed by atoms with Gasteiger partial charge in [-0.3, -0.25) is 4.90 Å². The minimum atomic E-state index is 0.780. The fourth-order valence-corrected chi connectivity index (χ4v) is 3.65. The lowest BCUT2D eigenvalue weighted by Gasteiger charge is -2.14. The van der Waals surface area contributed by atoms with Gasteiger partial charge in [-0.15, -0.1) is 0 Å². The molecule has 3 aromatic rings. The summed E-state index contributed by atoms with van der Waals surface area (Å²) in [5.74, 6) is 2.52. The summed E-state index contributed by atoms with van der Waals surface area (Å²) in [5, 5.41) is 4.75. The summed E-state index contributed by atoms with van der Waals surface area (Å²) in [5.41, 5.74) is 3.45. The Morgan fingerprint density at radius 1 is 1.00 bits per heavy atom. The van der Waals surface area contributed by atoms with Crippen molar-refractivity contribution in [2.75, 3.05) is 20.2 Å². The van der Waals surface area contributed by atoms with E-state index >= 15 is 0 Å². The fourth-order valence-electron chi connectivity index (χ4n) is 3.65. The van der Waals surface area contributed by atoms with Crippen molar-refractivity contribution >= 4 is 0 Å². The number of rotatable bonds is 6. The molecule has 1 aliphatic heterocycles. The van der Waals surface area contributed by atoms with Gasteiger partial charge in [0, 0.05) is 24.2 Å². The van der Waals surface area contributed by atoms with Crippen LogP contribution in [0.5, 0.6) is 5.75 Å². The number of benzene rings is 2. The summed E-state index contributed by atoms with van der Waals surface area (Å²) in [7, 11) is 1.68. The number of likely N-dealkylation sites (tertiary alicyclic amines) is 1. The molecule has 5 nitrogen and oxygen atoms in total. The van der Waals surface area contributed by atoms with Gasteiger partial charge in [-0.2, -0.15) is 5.10 Å². The second kappa shape index (κ2) is 7.92. The molecule has 1 aromatic heterocycles. The summed E-state index contributed by atoms with van der Waals surface area (Å²) >= 11 is 0. The molecule has 1 fully saturated rings. The van der Waals surface area contributed by atoms with Crippen molar-refractivity contribution in [2.24, 2.45) is 0 Å².